The van der Waals surface area contributed by atoms with Crippen LogP contribution in [0.15, 0.2) is 0 Å². The monoisotopic (exact) mass is 359 g/mol. The van der Waals surface area contributed by atoms with Crippen LogP contribution in [0.25, 0.3) is 0 Å². The van der Waals surface area contributed by atoms with E-state index in [4.69, 9.17) is 5.11 Å². The summed E-state index contributed by atoms with van der Waals surface area (Å²) in [7, 11) is 0. The van der Waals surface area contributed by atoms with Gasteiger partial charge < -0.3 is 14.9 Å². The Bertz CT molecular complexity index is 649. The number of hydrogen-bond donors (Lipinski definition) is 1. The van der Waals surface area contributed by atoms with Crippen LogP contribution in [0.3, 0.4) is 0 Å². The van der Waals surface area contributed by atoms with Crippen molar-refractivity contribution < 1.29 is 14.7 Å². The van der Waals surface area contributed by atoms with Gasteiger partial charge in [0.05, 0.1) is 0 Å². The normalized spacial score (nSPS) is 45.2. The van der Waals surface area contributed by atoms with Crippen LogP contribution in [0.4, 0.5) is 4.79 Å². The van der Waals surface area contributed by atoms with Gasteiger partial charge in [0.1, 0.15) is 0 Å². The average Bonchev–Trinajstić information content (AvgIpc) is 2.86. The van der Waals surface area contributed by atoms with Crippen molar-refractivity contribution in [3.8, 4) is 0 Å². The summed E-state index contributed by atoms with van der Waals surface area (Å²) in [5.41, 5.74) is 0.802. The van der Waals surface area contributed by atoms with E-state index in [-0.39, 0.29) is 5.41 Å². The van der Waals surface area contributed by atoms with Crippen LogP contribution in [-0.2, 0) is 4.79 Å². The van der Waals surface area contributed by atoms with Gasteiger partial charge >= 0.3 is 6.09 Å². The molecule has 142 valence electrons. The summed E-state index contributed by atoms with van der Waals surface area (Å²) in [6, 6.07) is 0.634. The Labute approximate surface area is 154 Å². The molecule has 3 aliphatic heterocycles. The molecular weight excluding hydrogens is 330 g/mol. The fraction of sp³-hybridized carbons (Fsp3) is 0.900. The van der Waals surface area contributed by atoms with Crippen LogP contribution in [0.1, 0.15) is 38.5 Å². The Hall–Kier alpha value is -1.30. The molecule has 26 heavy (non-hydrogen) atoms. The van der Waals surface area contributed by atoms with Crippen molar-refractivity contribution in [2.24, 2.45) is 28.6 Å². The number of piperidine rings is 1. The van der Waals surface area contributed by atoms with E-state index in [1.165, 1.54) is 19.3 Å². The molecule has 3 aliphatic carbocycles. The highest BCUT2D eigenvalue weighted by atomic mass is 16.4. The van der Waals surface area contributed by atoms with E-state index in [0.717, 1.165) is 52.0 Å². The molecule has 0 radical (unpaired) electrons. The molecule has 1 unspecified atom stereocenters. The van der Waals surface area contributed by atoms with Crippen LogP contribution < -0.4 is 0 Å². The summed E-state index contributed by atoms with van der Waals surface area (Å²) in [5.74, 6) is 1.99. The fourth-order valence-corrected chi connectivity index (χ4v) is 6.98. The van der Waals surface area contributed by atoms with Crippen molar-refractivity contribution >= 4 is 12.0 Å². The average molecular weight is 359 g/mol. The zero-order chi connectivity index (χ0) is 17.7. The Morgan fingerprint density at radius 1 is 0.885 bits per heavy atom. The third kappa shape index (κ3) is 2.08. The number of carbonyl (C=O) groups excluding carboxylic acids is 1. The maximum Gasteiger partial charge on any atom is 0.407 e. The molecule has 0 aromatic rings. The highest BCUT2D eigenvalue weighted by Crippen LogP contribution is 2.58. The van der Waals surface area contributed by atoms with Crippen LogP contribution in [0.5, 0.6) is 0 Å². The summed E-state index contributed by atoms with van der Waals surface area (Å²) in [6.07, 6.45) is 6.62. The van der Waals surface area contributed by atoms with Gasteiger partial charge in [0.15, 0.2) is 0 Å². The van der Waals surface area contributed by atoms with Gasteiger partial charge in [0.2, 0.25) is 5.91 Å². The van der Waals surface area contributed by atoms with Crippen LogP contribution in [0.2, 0.25) is 0 Å². The Balaban J connectivity index is 0.985. The summed E-state index contributed by atoms with van der Waals surface area (Å²) in [5, 5.41) is 9.17. The van der Waals surface area contributed by atoms with Crippen molar-refractivity contribution in [3.63, 3.8) is 0 Å². The molecule has 2 spiro atoms. The first kappa shape index (κ1) is 15.7. The first-order chi connectivity index (χ1) is 12.5. The molecule has 0 aromatic heterocycles. The maximum absolute atomic E-state index is 12.7. The van der Waals surface area contributed by atoms with E-state index < -0.39 is 6.09 Å². The quantitative estimate of drug-likeness (QED) is 0.815. The van der Waals surface area contributed by atoms with Crippen LogP contribution in [-0.4, -0.2) is 77.1 Å². The molecule has 3 heterocycles. The molecule has 3 atom stereocenters. The second-order valence-corrected chi connectivity index (χ2v) is 10.4. The minimum absolute atomic E-state index is 0.264. The highest BCUT2D eigenvalue weighted by Gasteiger charge is 2.64. The zero-order valence-electron chi connectivity index (χ0n) is 15.4. The van der Waals surface area contributed by atoms with Crippen LogP contribution >= 0.6 is 0 Å². The number of amides is 2. The molecule has 6 fully saturated rings. The molecule has 3 saturated carbocycles. The largest absolute Gasteiger partial charge is 0.465 e. The van der Waals surface area contributed by atoms with E-state index in [1.807, 2.05) is 0 Å². The third-order valence-corrected chi connectivity index (χ3v) is 8.85. The summed E-state index contributed by atoms with van der Waals surface area (Å²) >= 11 is 0. The van der Waals surface area contributed by atoms with E-state index in [2.05, 4.69) is 9.80 Å². The predicted octanol–water partition coefficient (Wildman–Crippen LogP) is 1.71. The van der Waals surface area contributed by atoms with Gasteiger partial charge in [-0.2, -0.15) is 0 Å². The van der Waals surface area contributed by atoms with E-state index in [0.29, 0.717) is 41.7 Å². The Morgan fingerprint density at radius 2 is 1.54 bits per heavy atom. The molecule has 6 heteroatoms. The van der Waals surface area contributed by atoms with Crippen molar-refractivity contribution in [3.05, 3.63) is 0 Å². The lowest BCUT2D eigenvalue weighted by atomic mass is 9.63. The summed E-state index contributed by atoms with van der Waals surface area (Å²) < 4.78 is 0. The zero-order valence-corrected chi connectivity index (χ0v) is 15.4. The summed E-state index contributed by atoms with van der Waals surface area (Å²) in [6.45, 7) is 5.72. The maximum atomic E-state index is 12.7. The molecule has 0 aromatic carbocycles. The molecular formula is C20H29N3O3. The number of fused-ring (bicyclic) bond motifs is 1. The lowest BCUT2D eigenvalue weighted by Gasteiger charge is -2.56. The fourth-order valence-electron chi connectivity index (χ4n) is 6.98. The molecule has 3 saturated heterocycles. The van der Waals surface area contributed by atoms with Gasteiger partial charge in [0.25, 0.3) is 0 Å². The van der Waals surface area contributed by atoms with Gasteiger partial charge in [-0.25, -0.2) is 4.79 Å². The number of nitrogens with zero attached hydrogens (tertiary/aromatic N) is 3. The molecule has 6 aliphatic rings. The van der Waals surface area contributed by atoms with Crippen molar-refractivity contribution in [1.29, 1.82) is 0 Å². The number of carboxylic acid groups (broad SMARTS) is 1. The van der Waals surface area contributed by atoms with E-state index in [1.54, 1.807) is 4.90 Å². The molecule has 0 bridgehead atoms. The van der Waals surface area contributed by atoms with Crippen LogP contribution in [0, 0.1) is 28.6 Å². The molecule has 6 rings (SSSR count). The van der Waals surface area contributed by atoms with Crippen molar-refractivity contribution in [2.75, 3.05) is 39.3 Å². The second-order valence-electron chi connectivity index (χ2n) is 10.4. The minimum atomic E-state index is -0.760. The number of likely N-dealkylation sites (tertiary alicyclic amines) is 3. The first-order valence-electron chi connectivity index (χ1n) is 10.5. The van der Waals surface area contributed by atoms with Crippen molar-refractivity contribution in [1.82, 2.24) is 14.7 Å². The Kier molecular flexibility index (Phi) is 2.99. The van der Waals surface area contributed by atoms with Gasteiger partial charge in [-0.05, 0) is 49.4 Å². The molecule has 2 amide bonds. The topological polar surface area (TPSA) is 64.1 Å². The number of rotatable bonds is 2. The predicted molar refractivity (Wildman–Crippen MR) is 94.6 cm³/mol. The van der Waals surface area contributed by atoms with Crippen molar-refractivity contribution in [2.45, 2.75) is 44.6 Å². The smallest absolute Gasteiger partial charge is 0.407 e. The van der Waals surface area contributed by atoms with Gasteiger partial charge in [0, 0.05) is 56.6 Å². The number of hydrogen-bond acceptors (Lipinski definition) is 3. The molecule has 1 N–H and O–H groups in total. The molecule has 6 nitrogen and oxygen atoms in total. The van der Waals surface area contributed by atoms with Gasteiger partial charge in [-0.1, -0.05) is 6.42 Å². The lowest BCUT2D eigenvalue weighted by Crippen LogP contribution is -2.62. The highest BCUT2D eigenvalue weighted by molar-refractivity contribution is 5.83. The van der Waals surface area contributed by atoms with Gasteiger partial charge in [-0.3, -0.25) is 9.69 Å². The lowest BCUT2D eigenvalue weighted by molar-refractivity contribution is -0.152. The second kappa shape index (κ2) is 4.94. The minimum Gasteiger partial charge on any atom is -0.465 e. The standard InChI is InChI=1S/C20H29N3O3/c24-17(23-10-19(11-23)2-1-3-19)16-14-8-22(9-15(14)16)13-6-20(7-13)4-5-21(12-20)18(25)26/h13-16H,1-12H2,(H,25,26)/t13?,14-,15+,16?,20?. The third-order valence-electron chi connectivity index (χ3n) is 8.85. The van der Waals surface area contributed by atoms with E-state index >= 15 is 0 Å². The Morgan fingerprint density at radius 3 is 2.08 bits per heavy atom. The van der Waals surface area contributed by atoms with Gasteiger partial charge in [-0.15, -0.1) is 0 Å². The first-order valence-corrected chi connectivity index (χ1v) is 10.5. The number of carbonyl (C=O) groups is 2. The SMILES string of the molecule is O=C(O)N1CCC2(CC(N3C[C@@H]4C(C(=O)N5CC6(CCC6)C5)[C@@H]4C3)C2)C1. The summed E-state index contributed by atoms with van der Waals surface area (Å²) in [4.78, 5) is 30.2. The van der Waals surface area contributed by atoms with E-state index in [9.17, 15) is 9.59 Å².